The van der Waals surface area contributed by atoms with Crippen LogP contribution >= 0.6 is 22.9 Å². The number of thiophene rings is 1. The smallest absolute Gasteiger partial charge is 0.232 e. The van der Waals surface area contributed by atoms with Gasteiger partial charge in [0.1, 0.15) is 0 Å². The van der Waals surface area contributed by atoms with Crippen molar-refractivity contribution >= 4 is 34.8 Å². The molecule has 1 N–H and O–H groups in total. The Morgan fingerprint density at radius 3 is 2.90 bits per heavy atom. The first kappa shape index (κ1) is 13.6. The summed E-state index contributed by atoms with van der Waals surface area (Å²) >= 11 is 7.76. The summed E-state index contributed by atoms with van der Waals surface area (Å²) in [5, 5.41) is 5.42. The second-order valence-corrected chi connectivity index (χ2v) is 6.07. The van der Waals surface area contributed by atoms with Crippen LogP contribution in [0.25, 0.3) is 0 Å². The van der Waals surface area contributed by atoms with Gasteiger partial charge in [-0.3, -0.25) is 0 Å². The summed E-state index contributed by atoms with van der Waals surface area (Å²) in [6, 6.07) is 4.72. The topological polar surface area (TPSA) is 53.9 Å². The van der Waals surface area contributed by atoms with Gasteiger partial charge in [-0.05, 0) is 42.8 Å². The zero-order valence-electron chi connectivity index (χ0n) is 11.2. The highest BCUT2D eigenvalue weighted by Gasteiger charge is 2.31. The minimum Gasteiger partial charge on any atom is -0.354 e. The van der Waals surface area contributed by atoms with Gasteiger partial charge in [0.25, 0.3) is 0 Å². The van der Waals surface area contributed by atoms with Gasteiger partial charge in [0.15, 0.2) is 0 Å². The number of aromatic nitrogens is 3. The molecule has 0 aromatic carbocycles. The third-order valence-electron chi connectivity index (χ3n) is 3.08. The van der Waals surface area contributed by atoms with E-state index in [0.29, 0.717) is 17.9 Å². The van der Waals surface area contributed by atoms with Crippen molar-refractivity contribution in [3.63, 3.8) is 0 Å². The van der Waals surface area contributed by atoms with Crippen LogP contribution in [0.5, 0.6) is 0 Å². The van der Waals surface area contributed by atoms with Gasteiger partial charge in [0, 0.05) is 17.5 Å². The number of nitrogens with zero attached hydrogens (tertiary/aromatic N) is 4. The highest BCUT2D eigenvalue weighted by molar-refractivity contribution is 7.09. The largest absolute Gasteiger partial charge is 0.354 e. The molecule has 0 spiro atoms. The Hall–Kier alpha value is -1.40. The SMILES string of the molecule is CCNc1nc(Cl)nc(N(Cc2cccs2)C2CC2)n1. The Morgan fingerprint density at radius 2 is 2.25 bits per heavy atom. The van der Waals surface area contributed by atoms with Gasteiger partial charge in [0.05, 0.1) is 6.54 Å². The van der Waals surface area contributed by atoms with Crippen LogP contribution in [-0.4, -0.2) is 27.5 Å². The average molecular weight is 310 g/mol. The van der Waals surface area contributed by atoms with Gasteiger partial charge in [-0.2, -0.15) is 15.0 Å². The fourth-order valence-corrected chi connectivity index (χ4v) is 2.88. The third-order valence-corrected chi connectivity index (χ3v) is 4.11. The van der Waals surface area contributed by atoms with E-state index in [4.69, 9.17) is 11.6 Å². The molecule has 0 amide bonds. The summed E-state index contributed by atoms with van der Waals surface area (Å²) in [6.07, 6.45) is 2.37. The Kier molecular flexibility index (Phi) is 4.03. The summed E-state index contributed by atoms with van der Waals surface area (Å²) < 4.78 is 0. The molecule has 0 saturated heterocycles. The molecule has 0 atom stereocenters. The predicted molar refractivity (Wildman–Crippen MR) is 82.5 cm³/mol. The third kappa shape index (κ3) is 3.19. The van der Waals surface area contributed by atoms with Crippen LogP contribution in [-0.2, 0) is 6.54 Å². The van der Waals surface area contributed by atoms with Crippen molar-refractivity contribution < 1.29 is 0 Å². The van der Waals surface area contributed by atoms with Gasteiger partial charge < -0.3 is 10.2 Å². The second kappa shape index (κ2) is 5.93. The van der Waals surface area contributed by atoms with Crippen molar-refractivity contribution in [1.29, 1.82) is 0 Å². The summed E-state index contributed by atoms with van der Waals surface area (Å²) in [7, 11) is 0. The van der Waals surface area contributed by atoms with Crippen LogP contribution in [0.15, 0.2) is 17.5 Å². The Balaban J connectivity index is 1.86. The maximum absolute atomic E-state index is 6.01. The molecule has 2 aromatic heterocycles. The van der Waals surface area contributed by atoms with Crippen LogP contribution in [0, 0.1) is 0 Å². The highest BCUT2D eigenvalue weighted by atomic mass is 35.5. The summed E-state index contributed by atoms with van der Waals surface area (Å²) in [5.41, 5.74) is 0. The Morgan fingerprint density at radius 1 is 1.40 bits per heavy atom. The number of rotatable bonds is 6. The quantitative estimate of drug-likeness (QED) is 0.888. The van der Waals surface area contributed by atoms with Crippen molar-refractivity contribution in [3.05, 3.63) is 27.7 Å². The molecule has 106 valence electrons. The van der Waals surface area contributed by atoms with E-state index in [-0.39, 0.29) is 5.28 Å². The molecular formula is C13H16ClN5S. The molecule has 7 heteroatoms. The van der Waals surface area contributed by atoms with Crippen molar-refractivity contribution in [2.45, 2.75) is 32.4 Å². The van der Waals surface area contributed by atoms with E-state index in [9.17, 15) is 0 Å². The van der Waals surface area contributed by atoms with E-state index in [0.717, 1.165) is 13.1 Å². The Bertz CT molecular complexity index is 570. The van der Waals surface area contributed by atoms with E-state index in [1.165, 1.54) is 17.7 Å². The molecule has 2 aromatic rings. The molecule has 20 heavy (non-hydrogen) atoms. The zero-order chi connectivity index (χ0) is 13.9. The van der Waals surface area contributed by atoms with E-state index in [2.05, 4.69) is 42.7 Å². The van der Waals surface area contributed by atoms with Crippen LogP contribution in [0.4, 0.5) is 11.9 Å². The molecule has 1 saturated carbocycles. The lowest BCUT2D eigenvalue weighted by atomic mass is 10.4. The molecule has 0 unspecified atom stereocenters. The molecule has 5 nitrogen and oxygen atoms in total. The molecule has 1 fully saturated rings. The maximum Gasteiger partial charge on any atom is 0.232 e. The summed E-state index contributed by atoms with van der Waals surface area (Å²) in [5.74, 6) is 1.20. The molecule has 2 heterocycles. The molecule has 0 radical (unpaired) electrons. The van der Waals surface area contributed by atoms with E-state index >= 15 is 0 Å². The lowest BCUT2D eigenvalue weighted by Gasteiger charge is -2.22. The molecule has 0 aliphatic heterocycles. The second-order valence-electron chi connectivity index (χ2n) is 4.70. The van der Waals surface area contributed by atoms with Crippen molar-refractivity contribution in [2.24, 2.45) is 0 Å². The lowest BCUT2D eigenvalue weighted by molar-refractivity contribution is 0.760. The van der Waals surface area contributed by atoms with Gasteiger partial charge in [-0.15, -0.1) is 11.3 Å². The standard InChI is InChI=1S/C13H16ClN5S/c1-2-15-12-16-11(14)17-13(18-12)19(9-5-6-9)8-10-4-3-7-20-10/h3-4,7,9H,2,5-6,8H2,1H3,(H,15,16,17,18). The molecule has 1 aliphatic carbocycles. The van der Waals surface area contributed by atoms with Crippen LogP contribution < -0.4 is 10.2 Å². The zero-order valence-corrected chi connectivity index (χ0v) is 12.8. The van der Waals surface area contributed by atoms with E-state index < -0.39 is 0 Å². The molecule has 1 aliphatic rings. The van der Waals surface area contributed by atoms with Gasteiger partial charge >= 0.3 is 0 Å². The first-order valence-corrected chi connectivity index (χ1v) is 7.96. The number of hydrogen-bond acceptors (Lipinski definition) is 6. The fraction of sp³-hybridized carbons (Fsp3) is 0.462. The van der Waals surface area contributed by atoms with Crippen LogP contribution in [0.3, 0.4) is 0 Å². The van der Waals surface area contributed by atoms with E-state index in [1.807, 2.05) is 6.92 Å². The van der Waals surface area contributed by atoms with Crippen molar-refractivity contribution in [2.75, 3.05) is 16.8 Å². The van der Waals surface area contributed by atoms with Gasteiger partial charge in [-0.1, -0.05) is 6.07 Å². The monoisotopic (exact) mass is 309 g/mol. The fourth-order valence-electron chi connectivity index (χ4n) is 2.02. The number of hydrogen-bond donors (Lipinski definition) is 1. The molecule has 3 rings (SSSR count). The normalized spacial score (nSPS) is 14.3. The van der Waals surface area contributed by atoms with Gasteiger partial charge in [0.2, 0.25) is 17.2 Å². The number of halogens is 1. The highest BCUT2D eigenvalue weighted by Crippen LogP contribution is 2.32. The Labute approximate surface area is 127 Å². The predicted octanol–water partition coefficient (Wildman–Crippen LogP) is 3.19. The summed E-state index contributed by atoms with van der Waals surface area (Å²) in [4.78, 5) is 16.4. The first-order valence-electron chi connectivity index (χ1n) is 6.70. The summed E-state index contributed by atoms with van der Waals surface area (Å²) in [6.45, 7) is 3.59. The number of anilines is 2. The maximum atomic E-state index is 6.01. The van der Waals surface area contributed by atoms with Gasteiger partial charge in [-0.25, -0.2) is 0 Å². The number of nitrogens with one attached hydrogen (secondary N) is 1. The minimum atomic E-state index is 0.239. The molecular weight excluding hydrogens is 294 g/mol. The van der Waals surface area contributed by atoms with Crippen molar-refractivity contribution in [1.82, 2.24) is 15.0 Å². The first-order chi connectivity index (χ1) is 9.76. The lowest BCUT2D eigenvalue weighted by Crippen LogP contribution is -2.27. The molecule has 0 bridgehead atoms. The van der Waals surface area contributed by atoms with Crippen molar-refractivity contribution in [3.8, 4) is 0 Å². The average Bonchev–Trinajstić information content (AvgIpc) is 3.12. The minimum absolute atomic E-state index is 0.239. The van der Waals surface area contributed by atoms with Crippen LogP contribution in [0.2, 0.25) is 5.28 Å². The van der Waals surface area contributed by atoms with E-state index in [1.54, 1.807) is 11.3 Å². The van der Waals surface area contributed by atoms with Crippen LogP contribution in [0.1, 0.15) is 24.6 Å².